The van der Waals surface area contributed by atoms with Gasteiger partial charge in [0.1, 0.15) is 24.3 Å². The molecule has 0 unspecified atom stereocenters. The van der Waals surface area contributed by atoms with Crippen LogP contribution >= 0.6 is 0 Å². The zero-order valence-electron chi connectivity index (χ0n) is 15.1. The van der Waals surface area contributed by atoms with E-state index < -0.39 is 0 Å². The van der Waals surface area contributed by atoms with Crippen molar-refractivity contribution in [2.75, 3.05) is 26.9 Å². The van der Waals surface area contributed by atoms with Crippen LogP contribution in [0.4, 0.5) is 0 Å². The third kappa shape index (κ3) is 3.43. The van der Waals surface area contributed by atoms with Crippen molar-refractivity contribution in [3.8, 4) is 5.75 Å². The lowest BCUT2D eigenvalue weighted by Crippen LogP contribution is -2.34. The average molecular weight is 359 g/mol. The number of aryl methyl sites for hydroxylation is 1. The lowest BCUT2D eigenvalue weighted by atomic mass is 10.1. The highest BCUT2D eigenvalue weighted by Crippen LogP contribution is 2.19. The van der Waals surface area contributed by atoms with Crippen molar-refractivity contribution < 1.29 is 14.3 Å². The van der Waals surface area contributed by atoms with E-state index >= 15 is 0 Å². The molecular weight excluding hydrogens is 338 g/mol. The van der Waals surface area contributed by atoms with Crippen LogP contribution in [-0.4, -0.2) is 57.2 Å². The molecule has 0 fully saturated rings. The number of carbonyl (C=O) groups excluding carboxylic acids is 1. The molecule has 0 aromatic carbocycles. The summed E-state index contributed by atoms with van der Waals surface area (Å²) in [6, 6.07) is 0. The maximum Gasteiger partial charge on any atom is 0.296 e. The van der Waals surface area contributed by atoms with E-state index in [1.807, 2.05) is 13.8 Å². The summed E-state index contributed by atoms with van der Waals surface area (Å²) in [4.78, 5) is 39.5. The molecule has 1 aliphatic rings. The molecule has 0 saturated heterocycles. The molecule has 1 amide bonds. The molecular formula is C17H21N5O4. The number of fused-ring (bicyclic) bond motifs is 1. The summed E-state index contributed by atoms with van der Waals surface area (Å²) >= 11 is 0. The van der Waals surface area contributed by atoms with Crippen LogP contribution in [0.2, 0.25) is 0 Å². The molecule has 9 heteroatoms. The fraction of sp³-hybridized carbons (Fsp3) is 0.471. The van der Waals surface area contributed by atoms with Gasteiger partial charge in [0.25, 0.3) is 11.5 Å². The Hall–Kier alpha value is -2.81. The normalized spacial score (nSPS) is 13.7. The van der Waals surface area contributed by atoms with E-state index in [1.165, 1.54) is 17.2 Å². The first-order valence-corrected chi connectivity index (χ1v) is 8.30. The van der Waals surface area contributed by atoms with Gasteiger partial charge in [-0.25, -0.2) is 15.0 Å². The fourth-order valence-corrected chi connectivity index (χ4v) is 2.71. The predicted molar refractivity (Wildman–Crippen MR) is 92.1 cm³/mol. The third-order valence-electron chi connectivity index (χ3n) is 4.38. The smallest absolute Gasteiger partial charge is 0.296 e. The molecule has 2 aromatic heterocycles. The molecule has 0 radical (unpaired) electrons. The summed E-state index contributed by atoms with van der Waals surface area (Å²) in [7, 11) is 1.57. The van der Waals surface area contributed by atoms with Gasteiger partial charge in [0.15, 0.2) is 0 Å². The second kappa shape index (κ2) is 7.61. The van der Waals surface area contributed by atoms with Crippen molar-refractivity contribution in [2.45, 2.75) is 26.9 Å². The highest BCUT2D eigenvalue weighted by atomic mass is 16.5. The topological polar surface area (TPSA) is 99.4 Å². The zero-order chi connectivity index (χ0) is 18.7. The maximum atomic E-state index is 12.9. The third-order valence-corrected chi connectivity index (χ3v) is 4.38. The van der Waals surface area contributed by atoms with Crippen LogP contribution in [-0.2, 0) is 17.8 Å². The number of hydrogen-bond acceptors (Lipinski definition) is 7. The number of carbonyl (C=O) groups is 1. The largest absolute Gasteiger partial charge is 0.485 e. The molecule has 3 heterocycles. The Bertz CT molecular complexity index is 880. The average Bonchev–Trinajstić information content (AvgIpc) is 2.86. The number of hydrogen-bond donors (Lipinski definition) is 0. The van der Waals surface area contributed by atoms with E-state index in [1.54, 1.807) is 12.0 Å². The molecule has 26 heavy (non-hydrogen) atoms. The highest BCUT2D eigenvalue weighted by molar-refractivity contribution is 5.93. The van der Waals surface area contributed by atoms with Crippen LogP contribution in [0.25, 0.3) is 0 Å². The molecule has 0 N–H and O–H groups in total. The van der Waals surface area contributed by atoms with E-state index in [2.05, 4.69) is 15.0 Å². The Balaban J connectivity index is 1.88. The van der Waals surface area contributed by atoms with Crippen LogP contribution in [0.3, 0.4) is 0 Å². The summed E-state index contributed by atoms with van der Waals surface area (Å²) in [5.74, 6) is -0.0377. The number of rotatable bonds is 4. The Morgan fingerprint density at radius 1 is 1.31 bits per heavy atom. The SMILES string of the molecule is COCCn1cnc2c(c1=O)OCCN(C(=O)c1ncnc(C)c1C)C2. The molecule has 0 aliphatic carbocycles. The van der Waals surface area contributed by atoms with Crippen molar-refractivity contribution in [3.05, 3.63) is 45.7 Å². The summed E-state index contributed by atoms with van der Waals surface area (Å²) < 4.78 is 12.0. The number of nitrogens with zero attached hydrogens (tertiary/aromatic N) is 5. The van der Waals surface area contributed by atoms with Gasteiger partial charge < -0.3 is 14.4 Å². The number of methoxy groups -OCH3 is 1. The first kappa shape index (κ1) is 18.0. The van der Waals surface area contributed by atoms with Crippen LogP contribution in [0.15, 0.2) is 17.4 Å². The Morgan fingerprint density at radius 3 is 2.88 bits per heavy atom. The van der Waals surface area contributed by atoms with Gasteiger partial charge in [-0.15, -0.1) is 0 Å². The zero-order valence-corrected chi connectivity index (χ0v) is 15.1. The van der Waals surface area contributed by atoms with Crippen LogP contribution in [0, 0.1) is 13.8 Å². The molecule has 9 nitrogen and oxygen atoms in total. The van der Waals surface area contributed by atoms with Crippen molar-refractivity contribution in [1.82, 2.24) is 24.4 Å². The van der Waals surface area contributed by atoms with Gasteiger partial charge in [-0.2, -0.15) is 0 Å². The van der Waals surface area contributed by atoms with Crippen LogP contribution in [0.5, 0.6) is 5.75 Å². The van der Waals surface area contributed by atoms with Gasteiger partial charge in [-0.05, 0) is 13.8 Å². The molecule has 0 atom stereocenters. The lowest BCUT2D eigenvalue weighted by Gasteiger charge is -2.20. The minimum absolute atomic E-state index is 0.189. The fourth-order valence-electron chi connectivity index (χ4n) is 2.71. The molecule has 1 aliphatic heterocycles. The Labute approximate surface area is 150 Å². The summed E-state index contributed by atoms with van der Waals surface area (Å²) in [5, 5.41) is 0. The monoisotopic (exact) mass is 359 g/mol. The molecule has 0 spiro atoms. The van der Waals surface area contributed by atoms with Gasteiger partial charge in [0.2, 0.25) is 5.75 Å². The van der Waals surface area contributed by atoms with Crippen molar-refractivity contribution in [2.24, 2.45) is 0 Å². The molecule has 138 valence electrons. The quantitative estimate of drug-likeness (QED) is 0.776. The molecule has 3 rings (SSSR count). The van der Waals surface area contributed by atoms with E-state index in [0.717, 1.165) is 11.3 Å². The van der Waals surface area contributed by atoms with Gasteiger partial charge in [0, 0.05) is 18.4 Å². The minimum Gasteiger partial charge on any atom is -0.485 e. The first-order chi connectivity index (χ1) is 12.5. The molecule has 0 saturated carbocycles. The summed E-state index contributed by atoms with van der Waals surface area (Å²) in [6.07, 6.45) is 2.84. The van der Waals surface area contributed by atoms with E-state index in [9.17, 15) is 9.59 Å². The van der Waals surface area contributed by atoms with Crippen LogP contribution < -0.4 is 10.3 Å². The number of ether oxygens (including phenoxy) is 2. The van der Waals surface area contributed by atoms with E-state index in [-0.39, 0.29) is 30.4 Å². The summed E-state index contributed by atoms with van der Waals surface area (Å²) in [6.45, 7) is 5.19. The molecule has 0 bridgehead atoms. The van der Waals surface area contributed by atoms with Gasteiger partial charge in [0.05, 0.1) is 32.6 Å². The van der Waals surface area contributed by atoms with E-state index in [0.29, 0.717) is 31.1 Å². The van der Waals surface area contributed by atoms with Crippen LogP contribution in [0.1, 0.15) is 27.4 Å². The first-order valence-electron chi connectivity index (χ1n) is 8.30. The maximum absolute atomic E-state index is 12.9. The number of aromatic nitrogens is 4. The molecule has 2 aromatic rings. The standard InChI is InChI=1S/C17H21N5O4/c1-11-12(2)18-9-19-14(11)16(23)21-5-7-26-15-13(8-21)20-10-22(17(15)24)4-6-25-3/h9-10H,4-8H2,1-3H3. The second-order valence-electron chi connectivity index (χ2n) is 6.02. The van der Waals surface area contributed by atoms with Gasteiger partial charge in [-0.1, -0.05) is 0 Å². The van der Waals surface area contributed by atoms with E-state index in [4.69, 9.17) is 9.47 Å². The van der Waals surface area contributed by atoms with Crippen molar-refractivity contribution in [3.63, 3.8) is 0 Å². The van der Waals surface area contributed by atoms with Crippen molar-refractivity contribution in [1.29, 1.82) is 0 Å². The predicted octanol–water partition coefficient (Wildman–Crippen LogP) is 0.331. The van der Waals surface area contributed by atoms with Crippen molar-refractivity contribution >= 4 is 5.91 Å². The second-order valence-corrected chi connectivity index (χ2v) is 6.02. The minimum atomic E-state index is -0.268. The Kier molecular flexibility index (Phi) is 5.27. The Morgan fingerprint density at radius 2 is 2.12 bits per heavy atom. The lowest BCUT2D eigenvalue weighted by molar-refractivity contribution is 0.0724. The van der Waals surface area contributed by atoms with Gasteiger partial charge >= 0.3 is 0 Å². The summed E-state index contributed by atoms with van der Waals surface area (Å²) in [5.41, 5.74) is 2.03. The highest BCUT2D eigenvalue weighted by Gasteiger charge is 2.26. The van der Waals surface area contributed by atoms with Gasteiger partial charge in [-0.3, -0.25) is 14.2 Å². The number of amides is 1.